The fourth-order valence-corrected chi connectivity index (χ4v) is 6.43. The Bertz CT molecular complexity index is 1070. The molecule has 0 aliphatic carbocycles. The monoisotopic (exact) mass is 950 g/mol. The van der Waals surface area contributed by atoms with E-state index in [0.29, 0.717) is 19.3 Å². The van der Waals surface area contributed by atoms with Crippen molar-refractivity contribution in [3.05, 3.63) is 18.7 Å². The molecule has 338 valence electrons. The van der Waals surface area contributed by atoms with E-state index in [2.05, 4.69) is 43.3 Å². The van der Waals surface area contributed by atoms with Gasteiger partial charge in [-0.2, -0.15) is 0 Å². The quantitative estimate of drug-likeness (QED) is 0.0297. The van der Waals surface area contributed by atoms with Gasteiger partial charge in [-0.05, 0) is 19.3 Å². The van der Waals surface area contributed by atoms with Crippen LogP contribution in [-0.2, 0) is 63.2 Å². The molecule has 0 atom stereocenters. The van der Waals surface area contributed by atoms with Gasteiger partial charge in [-0.25, -0.2) is 30.2 Å². The van der Waals surface area contributed by atoms with E-state index in [1.807, 2.05) is 0 Å². The van der Waals surface area contributed by atoms with Gasteiger partial charge in [0.2, 0.25) is 31.2 Å². The first kappa shape index (κ1) is 67.5. The van der Waals surface area contributed by atoms with Gasteiger partial charge in [0.15, 0.2) is 0 Å². The summed E-state index contributed by atoms with van der Waals surface area (Å²) in [6.45, 7) is 6.73. The average Bonchev–Trinajstić information content (AvgIpc) is 3.72. The van der Waals surface area contributed by atoms with E-state index in [1.54, 1.807) is 18.7 Å². The van der Waals surface area contributed by atoms with Gasteiger partial charge in [-0.3, -0.25) is 12.5 Å². The van der Waals surface area contributed by atoms with Gasteiger partial charge in [0.25, 0.3) is 0 Å². The molecule has 0 aliphatic heterocycles. The maximum absolute atomic E-state index is 10.1. The van der Waals surface area contributed by atoms with Gasteiger partial charge in [-0.15, -0.1) is 0 Å². The molecule has 1 N–H and O–H groups in total. The molecule has 1 rings (SSSR count). The van der Waals surface area contributed by atoms with Crippen LogP contribution in [0.1, 0.15) is 213 Å². The molecule has 0 radical (unpaired) electrons. The van der Waals surface area contributed by atoms with E-state index in [1.165, 1.54) is 135 Å². The maximum atomic E-state index is 10.1. The number of rotatable bonds is 36. The molecule has 1 heterocycles. The van der Waals surface area contributed by atoms with E-state index in [9.17, 15) is 38.9 Å². The summed E-state index contributed by atoms with van der Waals surface area (Å²) in [5.74, 6) is 0. The molecule has 0 aliphatic rings. The first-order valence-electron chi connectivity index (χ1n) is 21.4. The fraction of sp³-hybridized carbons (Fsp3) is 0.923. The van der Waals surface area contributed by atoms with Crippen molar-refractivity contribution in [3.63, 3.8) is 0 Å². The van der Waals surface area contributed by atoms with E-state index >= 15 is 0 Å². The minimum absolute atomic E-state index is 0. The molecule has 19 heteroatoms. The van der Waals surface area contributed by atoms with Gasteiger partial charge in [-0.1, -0.05) is 194 Å². The number of aromatic amines is 1. The van der Waals surface area contributed by atoms with Gasteiger partial charge < -0.3 is 18.6 Å². The van der Waals surface area contributed by atoms with Crippen molar-refractivity contribution in [2.75, 3.05) is 19.8 Å². The van der Waals surface area contributed by atoms with Crippen LogP contribution in [0, 0.1) is 0 Å². The zero-order chi connectivity index (χ0) is 42.5. The number of H-pyrrole nitrogens is 1. The Labute approximate surface area is 390 Å². The number of aromatic nitrogens is 2. The summed E-state index contributed by atoms with van der Waals surface area (Å²) in [5, 5.41) is 0. The van der Waals surface area contributed by atoms with Crippen molar-refractivity contribution in [2.24, 2.45) is 0 Å². The molecule has 0 saturated heterocycles. The van der Waals surface area contributed by atoms with Gasteiger partial charge in [0.05, 0.1) is 26.1 Å². The molecule has 14 nitrogen and oxygen atoms in total. The Morgan fingerprint density at radius 2 is 0.621 bits per heavy atom. The Morgan fingerprint density at radius 3 is 0.759 bits per heavy atom. The Hall–Kier alpha value is 0.443. The molecular weight excluding hydrogens is 873 g/mol. The van der Waals surface area contributed by atoms with Crippen LogP contribution >= 0.6 is 0 Å². The van der Waals surface area contributed by atoms with E-state index in [-0.39, 0.29) is 68.9 Å². The standard InChI is InChI=1S/3C12H26O4S.C3H4N2.Na.Zn/c3*1-2-3-4-5-6-7-8-9-10-11-12-16-17(13,14)15;1-2-5-3-4-1;;/h3*2-12H2,1H3,(H,13,14,15);1-3H,(H,4,5);;/q;;;;+1;+2/p-3. The number of hydrogen-bond donors (Lipinski definition) is 1. The van der Waals surface area contributed by atoms with Crippen LogP contribution < -0.4 is 29.6 Å². The molecule has 0 fully saturated rings. The van der Waals surface area contributed by atoms with Crippen molar-refractivity contribution in [3.8, 4) is 0 Å². The predicted octanol–water partition coefficient (Wildman–Crippen LogP) is 7.56. The first-order valence-corrected chi connectivity index (χ1v) is 25.4. The van der Waals surface area contributed by atoms with Crippen molar-refractivity contribution < 1.29 is 100 Å². The zero-order valence-corrected chi connectivity index (χ0v) is 44.3. The summed E-state index contributed by atoms with van der Waals surface area (Å²) in [4.78, 5) is 6.42. The smallest absolute Gasteiger partial charge is 0.726 e. The normalized spacial score (nSPS) is 11.1. The minimum Gasteiger partial charge on any atom is -0.726 e. The Morgan fingerprint density at radius 1 is 0.414 bits per heavy atom. The third kappa shape index (κ3) is 77.1. The zero-order valence-electron chi connectivity index (χ0n) is 36.8. The summed E-state index contributed by atoms with van der Waals surface area (Å²) in [6.07, 6.45) is 40.2. The van der Waals surface area contributed by atoms with Crippen molar-refractivity contribution in [2.45, 2.75) is 213 Å². The van der Waals surface area contributed by atoms with Crippen LogP contribution in [0.2, 0.25) is 0 Å². The Kier molecular flexibility index (Phi) is 60.3. The maximum Gasteiger partial charge on any atom is 2.00 e. The van der Waals surface area contributed by atoms with Crippen LogP contribution in [0.4, 0.5) is 0 Å². The molecule has 58 heavy (non-hydrogen) atoms. The Balaban J connectivity index is -0.000000223. The minimum atomic E-state index is -4.48. The number of nitrogens with one attached hydrogen (secondary N) is 1. The summed E-state index contributed by atoms with van der Waals surface area (Å²) < 4.78 is 103. The van der Waals surface area contributed by atoms with Crippen LogP contribution in [0.5, 0.6) is 0 Å². The van der Waals surface area contributed by atoms with Gasteiger partial charge in [0, 0.05) is 12.4 Å². The number of imidazole rings is 1. The van der Waals surface area contributed by atoms with Crippen molar-refractivity contribution in [1.29, 1.82) is 0 Å². The van der Waals surface area contributed by atoms with Crippen molar-refractivity contribution >= 4 is 31.2 Å². The summed E-state index contributed by atoms with van der Waals surface area (Å²) in [6, 6.07) is 0. The number of hydrogen-bond acceptors (Lipinski definition) is 13. The number of unbranched alkanes of at least 4 members (excludes halogenated alkanes) is 27. The summed E-state index contributed by atoms with van der Waals surface area (Å²) >= 11 is 0. The molecular formula is C39H79N2NaO12S3Zn. The SMILES string of the molecule is CCCCCCCCCCCCOS(=O)(=O)[O-].CCCCCCCCCCCCOS(=O)(=O)[O-].CCCCCCCCCCCCOS(=O)(=O)[O-].[Na+].[Zn+2].c1c[nH]cn1. The fourth-order valence-electron chi connectivity index (χ4n) is 5.47. The molecule has 0 saturated carbocycles. The molecule has 0 aromatic carbocycles. The van der Waals surface area contributed by atoms with E-state index in [0.717, 1.165) is 38.5 Å². The third-order valence-corrected chi connectivity index (χ3v) is 9.95. The molecule has 1 aromatic heterocycles. The predicted molar refractivity (Wildman–Crippen MR) is 221 cm³/mol. The topological polar surface area (TPSA) is 228 Å². The molecule has 0 unspecified atom stereocenters. The first-order chi connectivity index (χ1) is 26.7. The largest absolute Gasteiger partial charge is 2.00 e. The average molecular weight is 953 g/mol. The second kappa shape index (κ2) is 51.8. The summed E-state index contributed by atoms with van der Waals surface area (Å²) in [5.41, 5.74) is 0. The van der Waals surface area contributed by atoms with Gasteiger partial charge in [0.1, 0.15) is 0 Å². The van der Waals surface area contributed by atoms with Crippen LogP contribution in [0.25, 0.3) is 0 Å². The molecule has 0 amide bonds. The van der Waals surface area contributed by atoms with Crippen LogP contribution in [-0.4, -0.2) is 68.7 Å². The number of nitrogens with zero attached hydrogens (tertiary/aromatic N) is 1. The third-order valence-electron chi connectivity index (χ3n) is 8.58. The van der Waals surface area contributed by atoms with Crippen LogP contribution in [0.3, 0.4) is 0 Å². The van der Waals surface area contributed by atoms with Crippen molar-refractivity contribution in [1.82, 2.24) is 9.97 Å². The molecule has 0 spiro atoms. The summed E-state index contributed by atoms with van der Waals surface area (Å²) in [7, 11) is -13.5. The second-order valence-electron chi connectivity index (χ2n) is 14.0. The van der Waals surface area contributed by atoms with E-state index < -0.39 is 31.2 Å². The van der Waals surface area contributed by atoms with Crippen LogP contribution in [0.15, 0.2) is 18.7 Å². The molecule has 1 aromatic rings. The van der Waals surface area contributed by atoms with Gasteiger partial charge >= 0.3 is 49.0 Å². The second-order valence-corrected chi connectivity index (χ2v) is 17.2. The van der Waals surface area contributed by atoms with E-state index in [4.69, 9.17) is 0 Å². The molecule has 0 bridgehead atoms.